The van der Waals surface area contributed by atoms with Crippen molar-refractivity contribution in [3.8, 4) is 22.3 Å². The van der Waals surface area contributed by atoms with E-state index in [0.717, 1.165) is 29.9 Å². The molecule has 230 valence electrons. The fourth-order valence-corrected chi connectivity index (χ4v) is 8.01. The minimum atomic E-state index is -0.0253. The molecule has 0 radical (unpaired) electrons. The number of fused-ring (bicyclic) bond motifs is 6. The van der Waals surface area contributed by atoms with E-state index in [1.54, 1.807) is 0 Å². The van der Waals surface area contributed by atoms with Gasteiger partial charge in [-0.1, -0.05) is 135 Å². The van der Waals surface area contributed by atoms with Gasteiger partial charge in [0.25, 0.3) is 0 Å². The molecule has 9 rings (SSSR count). The van der Waals surface area contributed by atoms with E-state index in [2.05, 4.69) is 183 Å². The Morgan fingerprint density at radius 2 is 1.10 bits per heavy atom. The number of hydrogen-bond acceptors (Lipinski definition) is 1. The Hall–Kier alpha value is -5.66. The zero-order valence-electron chi connectivity index (χ0n) is 27.4. The summed E-state index contributed by atoms with van der Waals surface area (Å²) in [5.41, 5.74) is 13.9. The number of anilines is 3. The van der Waals surface area contributed by atoms with Gasteiger partial charge >= 0.3 is 0 Å². The van der Waals surface area contributed by atoms with Crippen LogP contribution in [-0.4, -0.2) is 0 Å². The zero-order valence-corrected chi connectivity index (χ0v) is 27.4. The predicted octanol–water partition coefficient (Wildman–Crippen LogP) is 13.2. The maximum atomic E-state index is 2.41. The maximum absolute atomic E-state index is 2.41. The van der Waals surface area contributed by atoms with Crippen molar-refractivity contribution in [2.24, 2.45) is 0 Å². The molecule has 0 atom stereocenters. The second-order valence-electron chi connectivity index (χ2n) is 13.7. The van der Waals surface area contributed by atoms with E-state index in [1.807, 2.05) is 0 Å². The van der Waals surface area contributed by atoms with Gasteiger partial charge in [0.2, 0.25) is 0 Å². The van der Waals surface area contributed by atoms with Crippen molar-refractivity contribution in [1.29, 1.82) is 0 Å². The third-order valence-electron chi connectivity index (χ3n) is 10.5. The van der Waals surface area contributed by atoms with Crippen LogP contribution in [0.4, 0.5) is 17.1 Å². The van der Waals surface area contributed by atoms with Crippen LogP contribution in [0.2, 0.25) is 0 Å². The lowest BCUT2D eigenvalue weighted by Gasteiger charge is -2.27. The average Bonchev–Trinajstić information content (AvgIpc) is 3.38. The van der Waals surface area contributed by atoms with E-state index in [1.165, 1.54) is 66.1 Å². The molecule has 1 heteroatoms. The van der Waals surface area contributed by atoms with Crippen LogP contribution in [0.5, 0.6) is 0 Å². The Labute approximate surface area is 283 Å². The standard InChI is InChI=1S/C47H37N/c1-47(2)45-19-11-10-18-42(45)44-31-38(28-29-46(44)47)48(36-24-20-33(21-25-36)32-12-4-3-5-13-32)37-26-22-34(23-27-37)43-30-35-14-6-7-15-39(35)40-16-8-9-17-41(40)43/h4,6-31H,3,5H2,1-2H3. The first kappa shape index (κ1) is 28.6. The minimum Gasteiger partial charge on any atom is -0.310 e. The number of hydrogen-bond donors (Lipinski definition) is 0. The smallest absolute Gasteiger partial charge is 0.0468 e. The summed E-state index contributed by atoms with van der Waals surface area (Å²) in [7, 11) is 0. The minimum absolute atomic E-state index is 0.0253. The monoisotopic (exact) mass is 615 g/mol. The molecule has 0 saturated heterocycles. The molecule has 0 bridgehead atoms. The first-order valence-electron chi connectivity index (χ1n) is 17.1. The molecule has 0 unspecified atom stereocenters. The Bertz CT molecular complexity index is 2400. The fraction of sp³-hybridized carbons (Fsp3) is 0.106. The molecule has 7 aromatic rings. The van der Waals surface area contributed by atoms with E-state index < -0.39 is 0 Å². The molecular formula is C47H37N. The van der Waals surface area contributed by atoms with E-state index in [9.17, 15) is 0 Å². The third kappa shape index (κ3) is 4.61. The Balaban J connectivity index is 1.17. The fourth-order valence-electron chi connectivity index (χ4n) is 8.01. The van der Waals surface area contributed by atoms with Crippen LogP contribution < -0.4 is 4.90 Å². The quantitative estimate of drug-likeness (QED) is 0.174. The summed E-state index contributed by atoms with van der Waals surface area (Å²) in [5, 5.41) is 5.13. The molecule has 7 aromatic carbocycles. The van der Waals surface area contributed by atoms with Crippen LogP contribution in [0.25, 0.3) is 49.4 Å². The highest BCUT2D eigenvalue weighted by molar-refractivity contribution is 6.13. The van der Waals surface area contributed by atoms with Gasteiger partial charge in [-0.05, 0) is 121 Å². The highest BCUT2D eigenvalue weighted by Gasteiger charge is 2.35. The maximum Gasteiger partial charge on any atom is 0.0468 e. The number of rotatable bonds is 5. The Morgan fingerprint density at radius 3 is 1.85 bits per heavy atom. The summed E-state index contributed by atoms with van der Waals surface area (Å²) in [6.07, 6.45) is 9.11. The summed E-state index contributed by atoms with van der Waals surface area (Å²) in [5.74, 6) is 0. The summed E-state index contributed by atoms with van der Waals surface area (Å²) < 4.78 is 0. The van der Waals surface area contributed by atoms with Crippen molar-refractivity contribution in [2.45, 2.75) is 32.1 Å². The molecule has 0 spiro atoms. The largest absolute Gasteiger partial charge is 0.310 e. The molecule has 0 amide bonds. The van der Waals surface area contributed by atoms with Crippen molar-refractivity contribution in [2.75, 3.05) is 4.90 Å². The average molecular weight is 616 g/mol. The van der Waals surface area contributed by atoms with Crippen molar-refractivity contribution < 1.29 is 0 Å². The molecule has 0 aliphatic heterocycles. The van der Waals surface area contributed by atoms with Crippen LogP contribution in [0.15, 0.2) is 164 Å². The second-order valence-corrected chi connectivity index (χ2v) is 13.7. The van der Waals surface area contributed by atoms with Gasteiger partial charge in [0, 0.05) is 22.5 Å². The molecule has 0 aromatic heterocycles. The van der Waals surface area contributed by atoms with Crippen LogP contribution in [0.1, 0.15) is 43.4 Å². The van der Waals surface area contributed by atoms with Crippen LogP contribution in [0, 0.1) is 0 Å². The summed E-state index contributed by atoms with van der Waals surface area (Å²) >= 11 is 0. The van der Waals surface area contributed by atoms with Gasteiger partial charge in [-0.2, -0.15) is 0 Å². The molecular weight excluding hydrogens is 579 g/mol. The van der Waals surface area contributed by atoms with Crippen molar-refractivity contribution >= 4 is 44.2 Å². The van der Waals surface area contributed by atoms with Crippen molar-refractivity contribution in [1.82, 2.24) is 0 Å². The van der Waals surface area contributed by atoms with Gasteiger partial charge in [0.1, 0.15) is 0 Å². The van der Waals surface area contributed by atoms with E-state index in [4.69, 9.17) is 0 Å². The first-order valence-corrected chi connectivity index (χ1v) is 17.1. The summed E-state index contributed by atoms with van der Waals surface area (Å²) in [6.45, 7) is 4.69. The second kappa shape index (κ2) is 11.2. The Kier molecular flexibility index (Phi) is 6.69. The third-order valence-corrected chi connectivity index (χ3v) is 10.5. The molecule has 0 heterocycles. The molecule has 48 heavy (non-hydrogen) atoms. The molecule has 0 fully saturated rings. The van der Waals surface area contributed by atoms with Gasteiger partial charge in [-0.3, -0.25) is 0 Å². The summed E-state index contributed by atoms with van der Waals surface area (Å²) in [4.78, 5) is 2.41. The van der Waals surface area contributed by atoms with E-state index in [0.29, 0.717) is 0 Å². The van der Waals surface area contributed by atoms with Crippen LogP contribution >= 0.6 is 0 Å². The van der Waals surface area contributed by atoms with Crippen LogP contribution in [0.3, 0.4) is 0 Å². The topological polar surface area (TPSA) is 3.24 Å². The predicted molar refractivity (Wildman–Crippen MR) is 205 cm³/mol. The molecule has 2 aliphatic rings. The summed E-state index contributed by atoms with van der Waals surface area (Å²) in [6, 6.07) is 54.0. The Morgan fingerprint density at radius 1 is 0.479 bits per heavy atom. The highest BCUT2D eigenvalue weighted by Crippen LogP contribution is 2.50. The van der Waals surface area contributed by atoms with Gasteiger partial charge < -0.3 is 4.90 Å². The van der Waals surface area contributed by atoms with Crippen molar-refractivity contribution in [3.05, 3.63) is 181 Å². The molecule has 0 saturated carbocycles. The van der Waals surface area contributed by atoms with Gasteiger partial charge in [-0.15, -0.1) is 0 Å². The van der Waals surface area contributed by atoms with E-state index >= 15 is 0 Å². The lowest BCUT2D eigenvalue weighted by Crippen LogP contribution is -2.15. The molecule has 2 aliphatic carbocycles. The molecule has 0 N–H and O–H groups in total. The number of benzene rings is 7. The van der Waals surface area contributed by atoms with Gasteiger partial charge in [-0.25, -0.2) is 0 Å². The van der Waals surface area contributed by atoms with E-state index in [-0.39, 0.29) is 5.41 Å². The van der Waals surface area contributed by atoms with Crippen LogP contribution in [-0.2, 0) is 5.41 Å². The number of allylic oxidation sites excluding steroid dienone is 4. The lowest BCUT2D eigenvalue weighted by atomic mass is 9.82. The van der Waals surface area contributed by atoms with Gasteiger partial charge in [0.05, 0.1) is 0 Å². The highest BCUT2D eigenvalue weighted by atomic mass is 15.1. The molecule has 1 nitrogen and oxygen atoms in total. The normalized spacial score (nSPS) is 14.5. The zero-order chi connectivity index (χ0) is 32.2. The van der Waals surface area contributed by atoms with Gasteiger partial charge in [0.15, 0.2) is 0 Å². The number of nitrogens with zero attached hydrogens (tertiary/aromatic N) is 1. The van der Waals surface area contributed by atoms with Crippen molar-refractivity contribution in [3.63, 3.8) is 0 Å². The lowest BCUT2D eigenvalue weighted by molar-refractivity contribution is 0.660. The SMILES string of the molecule is CC1(C)c2ccccc2-c2cc(N(c3ccc(C4=CCCC=C4)cc3)c3ccc(-c4cc5ccccc5c5ccccc45)cc3)ccc21. The first-order chi connectivity index (χ1) is 23.6.